The van der Waals surface area contributed by atoms with Gasteiger partial charge in [-0.15, -0.1) is 0 Å². The maximum atomic E-state index is 12.4. The van der Waals surface area contributed by atoms with Gasteiger partial charge in [0.25, 0.3) is 5.91 Å². The first-order valence-corrected chi connectivity index (χ1v) is 7.46. The Hall–Kier alpha value is -1.55. The van der Waals surface area contributed by atoms with Crippen molar-refractivity contribution in [2.24, 2.45) is 0 Å². The molecule has 1 amide bonds. The predicted molar refractivity (Wildman–Crippen MR) is 80.0 cm³/mol. The van der Waals surface area contributed by atoms with Gasteiger partial charge in [-0.05, 0) is 37.9 Å². The van der Waals surface area contributed by atoms with Crippen LogP contribution >= 0.6 is 0 Å². The lowest BCUT2D eigenvalue weighted by Gasteiger charge is -2.25. The highest BCUT2D eigenvalue weighted by Gasteiger charge is 2.23. The molecule has 0 spiro atoms. The van der Waals surface area contributed by atoms with Crippen molar-refractivity contribution >= 4 is 5.91 Å². The fourth-order valence-corrected chi connectivity index (χ4v) is 2.47. The van der Waals surface area contributed by atoms with E-state index in [-0.39, 0.29) is 5.91 Å². The number of nitrogens with one attached hydrogen (secondary N) is 1. The second-order valence-electron chi connectivity index (χ2n) is 5.15. The lowest BCUT2D eigenvalue weighted by Crippen LogP contribution is -2.42. The van der Waals surface area contributed by atoms with Crippen LogP contribution in [0.15, 0.2) is 24.3 Å². The molecular weight excluding hydrogens is 252 g/mol. The van der Waals surface area contributed by atoms with Gasteiger partial charge in [0.1, 0.15) is 5.75 Å². The van der Waals surface area contributed by atoms with Gasteiger partial charge >= 0.3 is 0 Å². The van der Waals surface area contributed by atoms with Crippen molar-refractivity contribution in [2.45, 2.75) is 32.8 Å². The van der Waals surface area contributed by atoms with Gasteiger partial charge in [-0.3, -0.25) is 4.79 Å². The Morgan fingerprint density at radius 1 is 1.35 bits per heavy atom. The molecule has 2 rings (SSSR count). The Morgan fingerprint density at radius 3 is 2.95 bits per heavy atom. The fourth-order valence-electron chi connectivity index (χ4n) is 2.47. The van der Waals surface area contributed by atoms with Crippen molar-refractivity contribution in [1.29, 1.82) is 0 Å². The van der Waals surface area contributed by atoms with E-state index in [2.05, 4.69) is 12.2 Å². The number of hydrogen-bond acceptors (Lipinski definition) is 3. The van der Waals surface area contributed by atoms with Crippen LogP contribution in [0.25, 0.3) is 0 Å². The fraction of sp³-hybridized carbons (Fsp3) is 0.562. The lowest BCUT2D eigenvalue weighted by molar-refractivity contribution is -0.137. The average molecular weight is 276 g/mol. The van der Waals surface area contributed by atoms with Crippen molar-refractivity contribution in [3.63, 3.8) is 0 Å². The highest BCUT2D eigenvalue weighted by molar-refractivity contribution is 5.81. The third-order valence-corrected chi connectivity index (χ3v) is 3.66. The molecule has 110 valence electrons. The monoisotopic (exact) mass is 276 g/mol. The molecule has 0 aromatic heterocycles. The average Bonchev–Trinajstić information content (AvgIpc) is 2.76. The molecule has 20 heavy (non-hydrogen) atoms. The Labute approximate surface area is 121 Å². The molecule has 4 nitrogen and oxygen atoms in total. The van der Waals surface area contributed by atoms with Gasteiger partial charge < -0.3 is 15.0 Å². The number of amides is 1. The predicted octanol–water partition coefficient (Wildman–Crippen LogP) is 1.84. The van der Waals surface area contributed by atoms with Gasteiger partial charge in [0.2, 0.25) is 0 Å². The minimum atomic E-state index is -0.430. The first-order chi connectivity index (χ1) is 9.72. The molecule has 1 aliphatic rings. The normalized spacial score (nSPS) is 17.4. The highest BCUT2D eigenvalue weighted by Crippen LogP contribution is 2.20. The number of nitrogens with zero attached hydrogens (tertiary/aromatic N) is 1. The Morgan fingerprint density at radius 2 is 2.15 bits per heavy atom. The third-order valence-electron chi connectivity index (χ3n) is 3.66. The molecule has 0 saturated carbocycles. The van der Waals surface area contributed by atoms with Gasteiger partial charge in [-0.1, -0.05) is 25.1 Å². The molecule has 1 aromatic rings. The van der Waals surface area contributed by atoms with Gasteiger partial charge in [0.05, 0.1) is 0 Å². The molecule has 1 saturated heterocycles. The molecule has 0 bridgehead atoms. The maximum Gasteiger partial charge on any atom is 0.263 e. The summed E-state index contributed by atoms with van der Waals surface area (Å²) in [6.45, 7) is 7.36. The number of aryl methyl sites for hydroxylation is 1. The summed E-state index contributed by atoms with van der Waals surface area (Å²) >= 11 is 0. The van der Waals surface area contributed by atoms with Gasteiger partial charge in [-0.25, -0.2) is 0 Å². The van der Waals surface area contributed by atoms with Gasteiger partial charge in [0.15, 0.2) is 6.10 Å². The summed E-state index contributed by atoms with van der Waals surface area (Å²) in [5.74, 6) is 0.906. The number of rotatable bonds is 4. The lowest BCUT2D eigenvalue weighted by atomic mass is 10.1. The van der Waals surface area contributed by atoms with Gasteiger partial charge in [0, 0.05) is 19.6 Å². The van der Waals surface area contributed by atoms with Crippen LogP contribution in [0.1, 0.15) is 25.8 Å². The van der Waals surface area contributed by atoms with Crippen LogP contribution in [0.4, 0.5) is 0 Å². The summed E-state index contributed by atoms with van der Waals surface area (Å²) in [5, 5.41) is 3.30. The standard InChI is InChI=1S/C16H24N2O2/c1-3-14-7-4-5-8-15(14)20-13(2)16(19)18-11-6-9-17-10-12-18/h4-5,7-8,13,17H,3,6,9-12H2,1-2H3. The zero-order valence-electron chi connectivity index (χ0n) is 12.4. The van der Waals surface area contributed by atoms with Crippen LogP contribution in [0.2, 0.25) is 0 Å². The minimum Gasteiger partial charge on any atom is -0.481 e. The molecule has 1 N–H and O–H groups in total. The number of hydrogen-bond donors (Lipinski definition) is 1. The summed E-state index contributed by atoms with van der Waals surface area (Å²) in [7, 11) is 0. The molecule has 1 unspecified atom stereocenters. The SMILES string of the molecule is CCc1ccccc1OC(C)C(=O)N1CCCNCC1. The van der Waals surface area contributed by atoms with Crippen LogP contribution in [0.3, 0.4) is 0 Å². The number of benzene rings is 1. The minimum absolute atomic E-state index is 0.0830. The second kappa shape index (κ2) is 7.29. The van der Waals surface area contributed by atoms with E-state index in [1.165, 1.54) is 0 Å². The first kappa shape index (κ1) is 14.9. The molecule has 0 radical (unpaired) electrons. The summed E-state index contributed by atoms with van der Waals surface area (Å²) in [6, 6.07) is 7.93. The van der Waals surface area contributed by atoms with Gasteiger partial charge in [-0.2, -0.15) is 0 Å². The van der Waals surface area contributed by atoms with Crippen molar-refractivity contribution < 1.29 is 9.53 Å². The van der Waals surface area contributed by atoms with Crippen LogP contribution in [-0.4, -0.2) is 43.1 Å². The van der Waals surface area contributed by atoms with E-state index in [9.17, 15) is 4.79 Å². The topological polar surface area (TPSA) is 41.6 Å². The Kier molecular flexibility index (Phi) is 5.41. The van der Waals surface area contributed by atoms with E-state index in [4.69, 9.17) is 4.74 Å². The summed E-state index contributed by atoms with van der Waals surface area (Å²) < 4.78 is 5.88. The van der Waals surface area contributed by atoms with Crippen molar-refractivity contribution in [3.05, 3.63) is 29.8 Å². The zero-order chi connectivity index (χ0) is 14.4. The van der Waals surface area contributed by atoms with E-state index in [0.29, 0.717) is 0 Å². The molecule has 1 aromatic carbocycles. The number of carbonyl (C=O) groups excluding carboxylic acids is 1. The zero-order valence-corrected chi connectivity index (χ0v) is 12.4. The van der Waals surface area contributed by atoms with Crippen LogP contribution in [0.5, 0.6) is 5.75 Å². The van der Waals surface area contributed by atoms with Crippen LogP contribution in [-0.2, 0) is 11.2 Å². The van der Waals surface area contributed by atoms with Crippen molar-refractivity contribution in [3.8, 4) is 5.75 Å². The highest BCUT2D eigenvalue weighted by atomic mass is 16.5. The summed E-state index contributed by atoms with van der Waals surface area (Å²) in [5.41, 5.74) is 1.14. The molecule has 1 fully saturated rings. The van der Waals surface area contributed by atoms with Crippen LogP contribution < -0.4 is 10.1 Å². The molecule has 1 aliphatic heterocycles. The molecular formula is C16H24N2O2. The van der Waals surface area contributed by atoms with E-state index >= 15 is 0 Å². The third kappa shape index (κ3) is 3.73. The van der Waals surface area contributed by atoms with Crippen molar-refractivity contribution in [2.75, 3.05) is 26.2 Å². The largest absolute Gasteiger partial charge is 0.481 e. The molecule has 1 heterocycles. The maximum absolute atomic E-state index is 12.4. The summed E-state index contributed by atoms with van der Waals surface area (Å²) in [6.07, 6.45) is 1.48. The first-order valence-electron chi connectivity index (χ1n) is 7.46. The molecule has 0 aliphatic carbocycles. The number of para-hydroxylation sites is 1. The number of ether oxygens (including phenoxy) is 1. The van der Waals surface area contributed by atoms with Crippen molar-refractivity contribution in [1.82, 2.24) is 10.2 Å². The van der Waals surface area contributed by atoms with Crippen LogP contribution in [0, 0.1) is 0 Å². The smallest absolute Gasteiger partial charge is 0.263 e. The summed E-state index contributed by atoms with van der Waals surface area (Å²) in [4.78, 5) is 14.3. The molecule has 4 heteroatoms. The quantitative estimate of drug-likeness (QED) is 0.912. The van der Waals surface area contributed by atoms with E-state index in [1.807, 2.05) is 36.1 Å². The van der Waals surface area contributed by atoms with E-state index < -0.39 is 6.10 Å². The van der Waals surface area contributed by atoms with E-state index in [0.717, 1.165) is 50.3 Å². The van der Waals surface area contributed by atoms with E-state index in [1.54, 1.807) is 0 Å². The Bertz CT molecular complexity index is 440. The Balaban J connectivity index is 1.99. The molecule has 1 atom stereocenters. The second-order valence-corrected chi connectivity index (χ2v) is 5.15. The number of carbonyl (C=O) groups is 1.